The molecule has 1 aromatic rings. The van der Waals surface area contributed by atoms with E-state index in [1.807, 2.05) is 20.8 Å². The topological polar surface area (TPSA) is 134 Å². The molecule has 0 spiro atoms. The van der Waals surface area contributed by atoms with Gasteiger partial charge in [0.15, 0.2) is 0 Å². The number of fused-ring (bicyclic) bond motifs is 7. The summed E-state index contributed by atoms with van der Waals surface area (Å²) in [6.07, 6.45) is 9.86. The predicted molar refractivity (Wildman–Crippen MR) is 202 cm³/mol. The zero-order valence-electron chi connectivity index (χ0n) is 33.7. The van der Waals surface area contributed by atoms with E-state index in [0.717, 1.165) is 87.0 Å². The molecular weight excluding hydrogens is 652 g/mol. The van der Waals surface area contributed by atoms with Crippen LogP contribution in [0.15, 0.2) is 12.2 Å². The number of hydrogen-bond donors (Lipinski definition) is 2. The first kappa shape index (κ1) is 38.9. The number of allylic oxidation sites excluding steroid dienone is 1. The molecule has 3 N–H and O–H groups in total. The summed E-state index contributed by atoms with van der Waals surface area (Å²) in [5, 5.41) is 2.61. The molecule has 0 unspecified atom stereocenters. The quantitative estimate of drug-likeness (QED) is 0.209. The molecule has 5 fully saturated rings. The summed E-state index contributed by atoms with van der Waals surface area (Å²) in [6, 6.07) is -0.670. The van der Waals surface area contributed by atoms with Crippen molar-refractivity contribution in [3.05, 3.63) is 34.9 Å². The van der Waals surface area contributed by atoms with Gasteiger partial charge < -0.3 is 20.5 Å². The van der Waals surface area contributed by atoms with Crippen molar-refractivity contribution < 1.29 is 23.9 Å². The van der Waals surface area contributed by atoms with Gasteiger partial charge in [0.1, 0.15) is 19.3 Å². The average molecular weight is 719 g/mol. The van der Waals surface area contributed by atoms with Gasteiger partial charge >= 0.3 is 11.9 Å². The van der Waals surface area contributed by atoms with Gasteiger partial charge in [0.2, 0.25) is 5.91 Å². The Balaban J connectivity index is 1.23. The minimum absolute atomic E-state index is 0.0441. The van der Waals surface area contributed by atoms with Crippen molar-refractivity contribution in [2.45, 2.75) is 152 Å². The fourth-order valence-electron chi connectivity index (χ4n) is 13.4. The maximum Gasteiger partial charge on any atom is 0.325 e. The molecule has 6 rings (SSSR count). The molecule has 0 radical (unpaired) electrons. The summed E-state index contributed by atoms with van der Waals surface area (Å²) >= 11 is 0. The second-order valence-corrected chi connectivity index (χ2v) is 19.2. The first-order valence-electron chi connectivity index (χ1n) is 20.1. The molecule has 9 heteroatoms. The molecule has 11 atom stereocenters. The van der Waals surface area contributed by atoms with E-state index in [0.29, 0.717) is 23.7 Å². The van der Waals surface area contributed by atoms with E-state index in [-0.39, 0.29) is 58.7 Å². The van der Waals surface area contributed by atoms with Gasteiger partial charge in [-0.05, 0) is 145 Å². The number of aromatic nitrogens is 2. The van der Waals surface area contributed by atoms with Gasteiger partial charge in [-0.2, -0.15) is 0 Å². The molecule has 1 aromatic heterocycles. The smallest absolute Gasteiger partial charge is 0.325 e. The van der Waals surface area contributed by atoms with Crippen molar-refractivity contribution in [2.75, 3.05) is 6.54 Å². The Morgan fingerprint density at radius 1 is 0.865 bits per heavy atom. The molecule has 0 aliphatic heterocycles. The van der Waals surface area contributed by atoms with Crippen LogP contribution in [-0.4, -0.2) is 46.5 Å². The molecule has 288 valence electrons. The van der Waals surface area contributed by atoms with Gasteiger partial charge in [-0.15, -0.1) is 0 Å². The third-order valence-corrected chi connectivity index (χ3v) is 16.4. The molecule has 0 saturated heterocycles. The van der Waals surface area contributed by atoms with Crippen LogP contribution in [0.4, 0.5) is 0 Å². The Morgan fingerprint density at radius 3 is 2.23 bits per heavy atom. The summed E-state index contributed by atoms with van der Waals surface area (Å²) in [7, 11) is 0. The molecule has 1 heterocycles. The lowest BCUT2D eigenvalue weighted by molar-refractivity contribution is -0.251. The van der Waals surface area contributed by atoms with Gasteiger partial charge in [0.05, 0.1) is 34.2 Å². The van der Waals surface area contributed by atoms with Crippen molar-refractivity contribution >= 4 is 17.8 Å². The summed E-state index contributed by atoms with van der Waals surface area (Å²) in [5.74, 6) is 1.11. The van der Waals surface area contributed by atoms with Gasteiger partial charge in [-0.25, -0.2) is 0 Å². The fraction of sp³-hybridized carbons (Fsp3) is 0.791. The highest BCUT2D eigenvalue weighted by molar-refractivity contribution is 5.85. The Hall–Kier alpha value is -2.81. The van der Waals surface area contributed by atoms with Crippen LogP contribution in [0.3, 0.4) is 0 Å². The van der Waals surface area contributed by atoms with Crippen LogP contribution in [0.25, 0.3) is 0 Å². The first-order valence-corrected chi connectivity index (χ1v) is 20.1. The van der Waals surface area contributed by atoms with Gasteiger partial charge in [0.25, 0.3) is 0 Å². The number of amides is 1. The van der Waals surface area contributed by atoms with Gasteiger partial charge in [-0.1, -0.05) is 46.8 Å². The molecule has 0 aromatic carbocycles. The molecule has 5 aliphatic rings. The van der Waals surface area contributed by atoms with Crippen LogP contribution >= 0.6 is 0 Å². The third-order valence-electron chi connectivity index (χ3n) is 16.4. The normalized spacial score (nSPS) is 39.5. The average Bonchev–Trinajstić information content (AvgIpc) is 3.47. The zero-order chi connectivity index (χ0) is 38.2. The van der Waals surface area contributed by atoms with Crippen LogP contribution in [-0.2, 0) is 30.5 Å². The Bertz CT molecular complexity index is 1620. The predicted octanol–water partition coefficient (Wildman–Crippen LogP) is 7.48. The van der Waals surface area contributed by atoms with Crippen molar-refractivity contribution in [3.63, 3.8) is 0 Å². The van der Waals surface area contributed by atoms with Crippen LogP contribution in [0.1, 0.15) is 135 Å². The highest BCUT2D eigenvalue weighted by atomic mass is 16.5. The van der Waals surface area contributed by atoms with Crippen molar-refractivity contribution in [2.24, 2.45) is 62.4 Å². The molecule has 52 heavy (non-hydrogen) atoms. The lowest BCUT2D eigenvalue weighted by atomic mass is 9.32. The Labute approximate surface area is 312 Å². The fourth-order valence-corrected chi connectivity index (χ4v) is 13.4. The SMILES string of the molecule is C=C(C)[C@@H]1CC[C@]2(C(=O)OCc3nc(C)c(C)nc3C)CC[C@]3(C)[C@H](CC[C@@H]4[C@@]5(C)CC[C@H](OC(=O)CNC(=O)[C@H](C)N)C(C)(C)[C@@H]5CC[C@]43C)[C@@H]12. The second kappa shape index (κ2) is 13.5. The number of aryl methyl sites for hydroxylation is 3. The van der Waals surface area contributed by atoms with Crippen molar-refractivity contribution in [3.8, 4) is 0 Å². The van der Waals surface area contributed by atoms with Gasteiger partial charge in [0, 0.05) is 5.41 Å². The van der Waals surface area contributed by atoms with Crippen molar-refractivity contribution in [1.29, 1.82) is 0 Å². The van der Waals surface area contributed by atoms with Crippen LogP contribution < -0.4 is 11.1 Å². The Morgan fingerprint density at radius 2 is 1.56 bits per heavy atom. The molecule has 5 saturated carbocycles. The van der Waals surface area contributed by atoms with E-state index in [9.17, 15) is 14.4 Å². The first-order chi connectivity index (χ1) is 24.2. The molecule has 5 aliphatic carbocycles. The van der Waals surface area contributed by atoms with Crippen molar-refractivity contribution in [1.82, 2.24) is 15.3 Å². The maximum absolute atomic E-state index is 14.5. The van der Waals surface area contributed by atoms with Crippen LogP contribution in [0.5, 0.6) is 0 Å². The molecular formula is C43H66N4O5. The molecule has 0 bridgehead atoms. The lowest BCUT2D eigenvalue weighted by Crippen LogP contribution is -2.67. The number of esters is 2. The van der Waals surface area contributed by atoms with E-state index in [1.54, 1.807) is 6.92 Å². The number of nitrogens with zero attached hydrogens (tertiary/aromatic N) is 2. The van der Waals surface area contributed by atoms with E-state index >= 15 is 0 Å². The number of carbonyl (C=O) groups is 3. The standard InChI is InChI=1S/C43H66N4O5/c1-24(2)29-14-19-43(38(50)51-23-31-28(6)46-26(4)27(5)47-31)21-20-41(10)30(36(29)43)12-13-33-40(9)17-16-34(52-35(48)22-45-37(49)25(3)44)39(7,8)32(40)15-18-42(33,41)11/h25,29-30,32-34,36H,1,12-23,44H2,2-11H3,(H,45,49)/t25-,29-,30+,32-,33+,34-,36+,40-,41+,42+,43-/m0/s1. The van der Waals surface area contributed by atoms with E-state index < -0.39 is 17.4 Å². The minimum Gasteiger partial charge on any atom is -0.460 e. The minimum atomic E-state index is -0.670. The number of carbonyl (C=O) groups excluding carboxylic acids is 3. The maximum atomic E-state index is 14.5. The largest absolute Gasteiger partial charge is 0.460 e. The number of hydrogen-bond acceptors (Lipinski definition) is 8. The summed E-state index contributed by atoms with van der Waals surface area (Å²) in [5.41, 5.74) is 9.84. The lowest BCUT2D eigenvalue weighted by Gasteiger charge is -2.72. The van der Waals surface area contributed by atoms with E-state index in [2.05, 4.69) is 58.4 Å². The molecule has 1 amide bonds. The third kappa shape index (κ3) is 5.94. The van der Waals surface area contributed by atoms with E-state index in [1.165, 1.54) is 5.57 Å². The summed E-state index contributed by atoms with van der Waals surface area (Å²) in [4.78, 5) is 48.8. The highest BCUT2D eigenvalue weighted by Gasteiger charge is 2.72. The highest BCUT2D eigenvalue weighted by Crippen LogP contribution is 2.77. The molecule has 9 nitrogen and oxygen atoms in total. The van der Waals surface area contributed by atoms with Crippen LogP contribution in [0, 0.1) is 77.4 Å². The monoisotopic (exact) mass is 719 g/mol. The number of nitrogens with one attached hydrogen (secondary N) is 1. The summed E-state index contributed by atoms with van der Waals surface area (Å²) < 4.78 is 12.4. The second-order valence-electron chi connectivity index (χ2n) is 19.2. The van der Waals surface area contributed by atoms with E-state index in [4.69, 9.17) is 20.2 Å². The number of nitrogens with two attached hydrogens (primary N) is 1. The Kier molecular flexibility index (Phi) is 10.1. The number of ether oxygens (including phenoxy) is 2. The zero-order valence-corrected chi connectivity index (χ0v) is 33.7. The summed E-state index contributed by atoms with van der Waals surface area (Å²) in [6.45, 7) is 26.5. The number of rotatable bonds is 8. The van der Waals surface area contributed by atoms with Crippen LogP contribution in [0.2, 0.25) is 0 Å². The van der Waals surface area contributed by atoms with Gasteiger partial charge in [-0.3, -0.25) is 24.4 Å².